The fraction of sp³-hybridized carbons (Fsp3) is 0.533. The monoisotopic (exact) mass is 280 g/mol. The first kappa shape index (κ1) is 14.9. The minimum Gasteiger partial charge on any atom is -0.379 e. The van der Waals surface area contributed by atoms with Crippen LogP contribution < -0.4 is 5.32 Å². The molecule has 1 saturated heterocycles. The van der Waals surface area contributed by atoms with Gasteiger partial charge in [-0.2, -0.15) is 0 Å². The van der Waals surface area contributed by atoms with E-state index < -0.39 is 0 Å². The average Bonchev–Trinajstić information content (AvgIpc) is 2.46. The highest BCUT2D eigenvalue weighted by molar-refractivity contribution is 5.78. The molecule has 20 heavy (non-hydrogen) atoms. The second kappa shape index (κ2) is 7.36. The van der Waals surface area contributed by atoms with E-state index in [1.165, 1.54) is 12.1 Å². The molecule has 2 rings (SSSR count). The van der Waals surface area contributed by atoms with Crippen LogP contribution in [-0.2, 0) is 16.0 Å². The van der Waals surface area contributed by atoms with Crippen molar-refractivity contribution in [1.29, 1.82) is 0 Å². The van der Waals surface area contributed by atoms with E-state index in [4.69, 9.17) is 4.74 Å². The summed E-state index contributed by atoms with van der Waals surface area (Å²) in [4.78, 5) is 14.1. The zero-order chi connectivity index (χ0) is 14.4. The lowest BCUT2D eigenvalue weighted by Crippen LogP contribution is -2.47. The Morgan fingerprint density at radius 3 is 2.90 bits per heavy atom. The van der Waals surface area contributed by atoms with Gasteiger partial charge in [-0.3, -0.25) is 9.69 Å². The van der Waals surface area contributed by atoms with Gasteiger partial charge in [0.05, 0.1) is 19.6 Å². The molecule has 1 aromatic carbocycles. The second-order valence-electron chi connectivity index (χ2n) is 5.11. The van der Waals surface area contributed by atoms with E-state index in [2.05, 4.69) is 17.1 Å². The van der Waals surface area contributed by atoms with Crippen LogP contribution in [0.3, 0.4) is 0 Å². The van der Waals surface area contributed by atoms with Crippen LogP contribution in [0.2, 0.25) is 0 Å². The van der Waals surface area contributed by atoms with Gasteiger partial charge >= 0.3 is 0 Å². The van der Waals surface area contributed by atoms with Crippen molar-refractivity contribution in [2.24, 2.45) is 0 Å². The van der Waals surface area contributed by atoms with Gasteiger partial charge in [-0.15, -0.1) is 0 Å². The van der Waals surface area contributed by atoms with E-state index in [1.54, 1.807) is 12.1 Å². The molecule has 5 heteroatoms. The Kier molecular flexibility index (Phi) is 5.49. The predicted octanol–water partition coefficient (Wildman–Crippen LogP) is 1.21. The third kappa shape index (κ3) is 4.58. The number of rotatable bonds is 5. The molecule has 1 atom stereocenters. The van der Waals surface area contributed by atoms with Crippen LogP contribution in [0.4, 0.5) is 4.39 Å². The summed E-state index contributed by atoms with van der Waals surface area (Å²) in [6.45, 7) is 6.01. The van der Waals surface area contributed by atoms with Gasteiger partial charge in [0.25, 0.3) is 0 Å². The summed E-state index contributed by atoms with van der Waals surface area (Å²) in [6, 6.07) is 6.44. The Morgan fingerprint density at radius 2 is 2.20 bits per heavy atom. The Morgan fingerprint density at radius 1 is 1.45 bits per heavy atom. The number of ether oxygens (including phenoxy) is 1. The summed E-state index contributed by atoms with van der Waals surface area (Å²) in [5, 5.41) is 2.90. The van der Waals surface area contributed by atoms with E-state index in [-0.39, 0.29) is 24.2 Å². The molecule has 1 fully saturated rings. The Bertz CT molecular complexity index is 447. The number of nitrogens with zero attached hydrogens (tertiary/aromatic N) is 1. The zero-order valence-electron chi connectivity index (χ0n) is 11.8. The van der Waals surface area contributed by atoms with Gasteiger partial charge in [0.1, 0.15) is 5.82 Å². The largest absolute Gasteiger partial charge is 0.379 e. The van der Waals surface area contributed by atoms with Crippen molar-refractivity contribution >= 4 is 5.91 Å². The highest BCUT2D eigenvalue weighted by Crippen LogP contribution is 2.05. The van der Waals surface area contributed by atoms with Crippen LogP contribution in [0.15, 0.2) is 24.3 Å². The lowest BCUT2D eigenvalue weighted by Gasteiger charge is -2.32. The quantitative estimate of drug-likeness (QED) is 0.881. The number of nitrogens with one attached hydrogen (secondary N) is 1. The van der Waals surface area contributed by atoms with E-state index in [0.29, 0.717) is 12.1 Å². The normalized spacial score (nSPS) is 17.7. The standard InChI is InChI=1S/C15H21FN2O2/c1-12(18-5-7-20-8-6-18)11-17-15(19)10-13-3-2-4-14(16)9-13/h2-4,9,12H,5-8,10-11H2,1H3,(H,17,19). The van der Waals surface area contributed by atoms with Gasteiger partial charge in [-0.25, -0.2) is 4.39 Å². The molecule has 0 bridgehead atoms. The fourth-order valence-electron chi connectivity index (χ4n) is 2.30. The fourth-order valence-corrected chi connectivity index (χ4v) is 2.30. The highest BCUT2D eigenvalue weighted by atomic mass is 19.1. The van der Waals surface area contributed by atoms with Gasteiger partial charge in [0.15, 0.2) is 0 Å². The maximum Gasteiger partial charge on any atom is 0.224 e. The molecule has 0 aliphatic carbocycles. The summed E-state index contributed by atoms with van der Waals surface area (Å²) in [5.74, 6) is -0.382. The van der Waals surface area contributed by atoms with E-state index in [1.807, 2.05) is 0 Å². The van der Waals surface area contributed by atoms with Crippen LogP contribution in [-0.4, -0.2) is 49.7 Å². The number of amides is 1. The van der Waals surface area contributed by atoms with Crippen molar-refractivity contribution in [1.82, 2.24) is 10.2 Å². The van der Waals surface area contributed by atoms with Crippen LogP contribution in [0.5, 0.6) is 0 Å². The topological polar surface area (TPSA) is 41.6 Å². The summed E-state index contributed by atoms with van der Waals surface area (Å²) in [5.41, 5.74) is 0.696. The molecule has 1 N–H and O–H groups in total. The van der Waals surface area contributed by atoms with E-state index >= 15 is 0 Å². The Labute approximate surface area is 118 Å². The summed E-state index contributed by atoms with van der Waals surface area (Å²) >= 11 is 0. The summed E-state index contributed by atoms with van der Waals surface area (Å²) in [7, 11) is 0. The second-order valence-corrected chi connectivity index (χ2v) is 5.11. The Balaban J connectivity index is 1.74. The Hall–Kier alpha value is -1.46. The molecule has 110 valence electrons. The molecule has 0 radical (unpaired) electrons. The van der Waals surface area contributed by atoms with Crippen LogP contribution in [0.25, 0.3) is 0 Å². The maximum atomic E-state index is 13.0. The van der Waals surface area contributed by atoms with Gasteiger partial charge in [0.2, 0.25) is 5.91 Å². The number of halogens is 1. The minimum atomic E-state index is -0.308. The number of morpholine rings is 1. The summed E-state index contributed by atoms with van der Waals surface area (Å²) in [6.07, 6.45) is 0.216. The zero-order valence-corrected chi connectivity index (χ0v) is 11.8. The molecule has 1 amide bonds. The molecule has 0 saturated carbocycles. The van der Waals surface area contributed by atoms with Crippen molar-refractivity contribution in [2.75, 3.05) is 32.8 Å². The van der Waals surface area contributed by atoms with Crippen molar-refractivity contribution in [2.45, 2.75) is 19.4 Å². The lowest BCUT2D eigenvalue weighted by atomic mass is 10.1. The number of carbonyl (C=O) groups excluding carboxylic acids is 1. The van der Waals surface area contributed by atoms with E-state index in [9.17, 15) is 9.18 Å². The predicted molar refractivity (Wildman–Crippen MR) is 75.0 cm³/mol. The molecule has 1 aliphatic heterocycles. The molecule has 4 nitrogen and oxygen atoms in total. The van der Waals surface area contributed by atoms with Gasteiger partial charge in [-0.05, 0) is 24.6 Å². The van der Waals surface area contributed by atoms with Crippen molar-refractivity contribution in [3.8, 4) is 0 Å². The number of hydrogen-bond donors (Lipinski definition) is 1. The number of benzene rings is 1. The van der Waals surface area contributed by atoms with Gasteiger partial charge < -0.3 is 10.1 Å². The van der Waals surface area contributed by atoms with Crippen molar-refractivity contribution < 1.29 is 13.9 Å². The average molecular weight is 280 g/mol. The van der Waals surface area contributed by atoms with Crippen LogP contribution in [0, 0.1) is 5.82 Å². The first-order valence-electron chi connectivity index (χ1n) is 6.98. The van der Waals surface area contributed by atoms with Crippen molar-refractivity contribution in [3.05, 3.63) is 35.6 Å². The van der Waals surface area contributed by atoms with Crippen LogP contribution >= 0.6 is 0 Å². The maximum absolute atomic E-state index is 13.0. The molecule has 1 aliphatic rings. The first-order valence-corrected chi connectivity index (χ1v) is 6.98. The molecule has 1 heterocycles. The molecule has 1 unspecified atom stereocenters. The van der Waals surface area contributed by atoms with Gasteiger partial charge in [0, 0.05) is 25.7 Å². The van der Waals surface area contributed by atoms with Crippen LogP contribution in [0.1, 0.15) is 12.5 Å². The third-order valence-corrected chi connectivity index (χ3v) is 3.52. The molecule has 1 aromatic rings. The highest BCUT2D eigenvalue weighted by Gasteiger charge is 2.17. The summed E-state index contributed by atoms with van der Waals surface area (Å²) < 4.78 is 18.3. The minimum absolute atomic E-state index is 0.0734. The smallest absolute Gasteiger partial charge is 0.224 e. The third-order valence-electron chi connectivity index (χ3n) is 3.52. The molecule has 0 spiro atoms. The SMILES string of the molecule is CC(CNC(=O)Cc1cccc(F)c1)N1CCOCC1. The number of carbonyl (C=O) groups is 1. The van der Waals surface area contributed by atoms with Crippen molar-refractivity contribution in [3.63, 3.8) is 0 Å². The van der Waals surface area contributed by atoms with E-state index in [0.717, 1.165) is 26.3 Å². The number of hydrogen-bond acceptors (Lipinski definition) is 3. The van der Waals surface area contributed by atoms with Gasteiger partial charge in [-0.1, -0.05) is 12.1 Å². The lowest BCUT2D eigenvalue weighted by molar-refractivity contribution is -0.120. The molecular formula is C15H21FN2O2. The molecular weight excluding hydrogens is 259 g/mol. The first-order chi connectivity index (χ1) is 9.65. The molecule has 0 aromatic heterocycles.